The zero-order chi connectivity index (χ0) is 24.2. The number of amides is 1. The highest BCUT2D eigenvalue weighted by Gasteiger charge is 2.38. The molecule has 1 amide bonds. The van der Waals surface area contributed by atoms with Gasteiger partial charge in [-0.15, -0.1) is 11.3 Å². The first-order valence-corrected chi connectivity index (χ1v) is 11.9. The molecule has 1 N–H and O–H groups in total. The minimum absolute atomic E-state index is 0.214. The lowest BCUT2D eigenvalue weighted by Gasteiger charge is -2.35. The van der Waals surface area contributed by atoms with Gasteiger partial charge >= 0.3 is 6.18 Å². The number of H-pyrrole nitrogens is 1. The molecule has 3 heterocycles. The SMILES string of the molecule is COc1ccc2[nH]c3c(c2c1)CCN(C(=O)c1cc(C(F)(F)F)ccc1F)[C@@H]3c1cc(Br)cs1. The van der Waals surface area contributed by atoms with Crippen LogP contribution in [0.3, 0.4) is 0 Å². The van der Waals surface area contributed by atoms with Crippen molar-refractivity contribution in [3.05, 3.63) is 85.4 Å². The highest BCUT2D eigenvalue weighted by atomic mass is 79.9. The summed E-state index contributed by atoms with van der Waals surface area (Å²) in [5.41, 5.74) is 0.937. The number of hydrogen-bond acceptors (Lipinski definition) is 3. The van der Waals surface area contributed by atoms with E-state index in [9.17, 15) is 22.4 Å². The lowest BCUT2D eigenvalue weighted by Crippen LogP contribution is -2.40. The van der Waals surface area contributed by atoms with Crippen LogP contribution in [0.2, 0.25) is 0 Å². The molecule has 2 aromatic carbocycles. The number of thiophene rings is 1. The van der Waals surface area contributed by atoms with Crippen LogP contribution in [0.4, 0.5) is 17.6 Å². The third-order valence-electron chi connectivity index (χ3n) is 5.98. The minimum atomic E-state index is -4.69. The molecule has 0 fully saturated rings. The number of aromatic nitrogens is 1. The Bertz CT molecular complexity index is 1410. The molecule has 4 nitrogen and oxygen atoms in total. The van der Waals surface area contributed by atoms with E-state index in [1.165, 1.54) is 16.2 Å². The van der Waals surface area contributed by atoms with Crippen molar-refractivity contribution in [3.8, 4) is 5.75 Å². The number of ether oxygens (including phenoxy) is 1. The molecule has 1 atom stereocenters. The Balaban J connectivity index is 1.65. The fraction of sp³-hybridized carbons (Fsp3) is 0.208. The van der Waals surface area contributed by atoms with E-state index in [2.05, 4.69) is 20.9 Å². The summed E-state index contributed by atoms with van der Waals surface area (Å²) in [6, 6.07) is 8.78. The van der Waals surface area contributed by atoms with Crippen molar-refractivity contribution in [1.29, 1.82) is 0 Å². The molecular formula is C24H17BrF4N2O2S. The number of methoxy groups -OCH3 is 1. The van der Waals surface area contributed by atoms with Crippen molar-refractivity contribution >= 4 is 44.1 Å². The van der Waals surface area contributed by atoms with Crippen LogP contribution in [0, 0.1) is 5.82 Å². The minimum Gasteiger partial charge on any atom is -0.497 e. The number of nitrogens with zero attached hydrogens (tertiary/aromatic N) is 1. The number of nitrogens with one attached hydrogen (secondary N) is 1. The normalized spacial score (nSPS) is 16.1. The van der Waals surface area contributed by atoms with Gasteiger partial charge in [0, 0.05) is 37.9 Å². The van der Waals surface area contributed by atoms with Crippen LogP contribution >= 0.6 is 27.3 Å². The molecule has 176 valence electrons. The van der Waals surface area contributed by atoms with Gasteiger partial charge in [0.15, 0.2) is 0 Å². The molecule has 34 heavy (non-hydrogen) atoms. The number of carbonyl (C=O) groups is 1. The summed E-state index contributed by atoms with van der Waals surface area (Å²) in [7, 11) is 1.58. The van der Waals surface area contributed by atoms with Crippen LogP contribution in [0.5, 0.6) is 5.75 Å². The number of benzene rings is 2. The zero-order valence-electron chi connectivity index (χ0n) is 17.7. The predicted octanol–water partition coefficient (Wildman–Crippen LogP) is 6.95. The molecule has 0 spiro atoms. The Morgan fingerprint density at radius 3 is 2.68 bits per heavy atom. The molecule has 1 aliphatic heterocycles. The van der Waals surface area contributed by atoms with Crippen LogP contribution in [0.25, 0.3) is 10.9 Å². The number of hydrogen-bond donors (Lipinski definition) is 1. The largest absolute Gasteiger partial charge is 0.497 e. The summed E-state index contributed by atoms with van der Waals surface area (Å²) in [6.45, 7) is 0.214. The van der Waals surface area contributed by atoms with E-state index in [0.29, 0.717) is 30.4 Å². The molecule has 0 radical (unpaired) electrons. The molecule has 0 saturated heterocycles. The van der Waals surface area contributed by atoms with E-state index in [-0.39, 0.29) is 6.54 Å². The third kappa shape index (κ3) is 3.88. The van der Waals surface area contributed by atoms with Gasteiger partial charge in [0.1, 0.15) is 17.6 Å². The summed E-state index contributed by atoms with van der Waals surface area (Å²) in [4.78, 5) is 19.1. The first-order chi connectivity index (χ1) is 16.2. The molecule has 5 rings (SSSR count). The molecule has 0 unspecified atom stereocenters. The topological polar surface area (TPSA) is 45.3 Å². The average molecular weight is 553 g/mol. The first-order valence-electron chi connectivity index (χ1n) is 10.3. The van der Waals surface area contributed by atoms with E-state index < -0.39 is 35.1 Å². The lowest BCUT2D eigenvalue weighted by molar-refractivity contribution is -0.137. The maximum atomic E-state index is 14.6. The van der Waals surface area contributed by atoms with Gasteiger partial charge in [0.25, 0.3) is 5.91 Å². The van der Waals surface area contributed by atoms with Crippen LogP contribution < -0.4 is 4.74 Å². The second kappa shape index (κ2) is 8.42. The van der Waals surface area contributed by atoms with Gasteiger partial charge in [-0.3, -0.25) is 4.79 Å². The van der Waals surface area contributed by atoms with Crippen molar-refractivity contribution in [2.45, 2.75) is 18.6 Å². The van der Waals surface area contributed by atoms with E-state index in [4.69, 9.17) is 4.74 Å². The number of halogens is 5. The highest BCUT2D eigenvalue weighted by Crippen LogP contribution is 2.43. The van der Waals surface area contributed by atoms with Gasteiger partial charge in [0.2, 0.25) is 0 Å². The van der Waals surface area contributed by atoms with Crippen LogP contribution in [0.15, 0.2) is 52.3 Å². The Hall–Kier alpha value is -2.85. The zero-order valence-corrected chi connectivity index (χ0v) is 20.1. The summed E-state index contributed by atoms with van der Waals surface area (Å²) in [5, 5.41) is 2.82. The van der Waals surface area contributed by atoms with Crippen LogP contribution in [-0.2, 0) is 12.6 Å². The number of alkyl halides is 3. The number of carbonyl (C=O) groups excluding carboxylic acids is 1. The maximum Gasteiger partial charge on any atom is 0.416 e. The fourth-order valence-electron chi connectivity index (χ4n) is 4.40. The van der Waals surface area contributed by atoms with E-state index in [1.54, 1.807) is 7.11 Å². The molecular weight excluding hydrogens is 536 g/mol. The van der Waals surface area contributed by atoms with Gasteiger partial charge in [-0.25, -0.2) is 4.39 Å². The summed E-state index contributed by atoms with van der Waals surface area (Å²) in [6.07, 6.45) is -4.23. The third-order valence-corrected chi connectivity index (χ3v) is 7.72. The monoisotopic (exact) mass is 552 g/mol. The van der Waals surface area contributed by atoms with Gasteiger partial charge < -0.3 is 14.6 Å². The second-order valence-corrected chi connectivity index (χ2v) is 9.80. The molecule has 4 aromatic rings. The summed E-state index contributed by atoms with van der Waals surface area (Å²) < 4.78 is 60.5. The molecule has 10 heteroatoms. The molecule has 0 bridgehead atoms. The molecule has 0 saturated carbocycles. The Morgan fingerprint density at radius 1 is 1.21 bits per heavy atom. The molecule has 2 aromatic heterocycles. The van der Waals surface area contributed by atoms with E-state index in [0.717, 1.165) is 31.5 Å². The van der Waals surface area contributed by atoms with E-state index >= 15 is 0 Å². The van der Waals surface area contributed by atoms with Crippen molar-refractivity contribution in [1.82, 2.24) is 9.88 Å². The highest BCUT2D eigenvalue weighted by molar-refractivity contribution is 9.10. The second-order valence-electron chi connectivity index (χ2n) is 7.94. The molecule has 0 aliphatic carbocycles. The van der Waals surface area contributed by atoms with Crippen LogP contribution in [-0.4, -0.2) is 29.4 Å². The van der Waals surface area contributed by atoms with Gasteiger partial charge in [-0.05, 0) is 70.4 Å². The lowest BCUT2D eigenvalue weighted by atomic mass is 9.95. The van der Waals surface area contributed by atoms with Crippen molar-refractivity contribution in [3.63, 3.8) is 0 Å². The van der Waals surface area contributed by atoms with E-state index in [1.807, 2.05) is 29.6 Å². The van der Waals surface area contributed by atoms with Gasteiger partial charge in [0.05, 0.1) is 18.2 Å². The quantitative estimate of drug-likeness (QED) is 0.279. The first kappa shape index (κ1) is 22.9. The number of fused-ring (bicyclic) bond motifs is 3. The van der Waals surface area contributed by atoms with Crippen molar-refractivity contribution in [2.24, 2.45) is 0 Å². The number of aromatic amines is 1. The Labute approximate surface area is 204 Å². The Morgan fingerprint density at radius 2 is 2.00 bits per heavy atom. The fourth-order valence-corrected chi connectivity index (χ4v) is 5.97. The van der Waals surface area contributed by atoms with Crippen molar-refractivity contribution in [2.75, 3.05) is 13.7 Å². The average Bonchev–Trinajstić information content (AvgIpc) is 3.40. The summed E-state index contributed by atoms with van der Waals surface area (Å²) >= 11 is 4.84. The smallest absolute Gasteiger partial charge is 0.416 e. The standard InChI is InChI=1S/C24H17BrF4N2O2S/c1-33-14-3-5-19-16(10-14)15-6-7-31(22(21(15)30-19)20-9-13(25)11-34-20)23(32)17-8-12(24(27,28)29)2-4-18(17)26/h2-5,8-11,22,30H,6-7H2,1H3/t22-/m1/s1. The maximum absolute atomic E-state index is 14.6. The van der Waals surface area contributed by atoms with Crippen molar-refractivity contribution < 1.29 is 27.1 Å². The predicted molar refractivity (Wildman–Crippen MR) is 125 cm³/mol. The van der Waals surface area contributed by atoms with Crippen LogP contribution in [0.1, 0.15) is 38.1 Å². The van der Waals surface area contributed by atoms with Gasteiger partial charge in [-0.2, -0.15) is 13.2 Å². The Kier molecular flexibility index (Phi) is 5.68. The summed E-state index contributed by atoms with van der Waals surface area (Å²) in [5.74, 6) is -1.09. The number of rotatable bonds is 3. The molecule has 1 aliphatic rings. The van der Waals surface area contributed by atoms with Gasteiger partial charge in [-0.1, -0.05) is 0 Å².